The van der Waals surface area contributed by atoms with Crippen molar-refractivity contribution in [1.82, 2.24) is 5.32 Å². The predicted molar refractivity (Wildman–Crippen MR) is 102 cm³/mol. The minimum absolute atomic E-state index is 0.0586. The van der Waals surface area contributed by atoms with Crippen molar-refractivity contribution in [2.75, 3.05) is 5.32 Å². The van der Waals surface area contributed by atoms with Gasteiger partial charge in [-0.25, -0.2) is 4.39 Å². The zero-order valence-electron chi connectivity index (χ0n) is 15.4. The lowest BCUT2D eigenvalue weighted by Crippen LogP contribution is -2.26. The van der Waals surface area contributed by atoms with Crippen LogP contribution in [0.5, 0.6) is 0 Å². The summed E-state index contributed by atoms with van der Waals surface area (Å²) in [6.07, 6.45) is 0.408. The molecule has 0 aliphatic heterocycles. The number of para-hydroxylation sites is 1. The van der Waals surface area contributed by atoms with Gasteiger partial charge in [0.05, 0.1) is 6.04 Å². The van der Waals surface area contributed by atoms with E-state index in [0.29, 0.717) is 23.1 Å². The average Bonchev–Trinajstić information content (AvgIpc) is 3.00. The molecule has 0 saturated carbocycles. The highest BCUT2D eigenvalue weighted by Gasteiger charge is 2.21. The van der Waals surface area contributed by atoms with Crippen LogP contribution in [0.3, 0.4) is 0 Å². The van der Waals surface area contributed by atoms with Crippen molar-refractivity contribution in [2.45, 2.75) is 33.2 Å². The first-order chi connectivity index (χ1) is 12.9. The monoisotopic (exact) mass is 368 g/mol. The maximum Gasteiger partial charge on any atom is 0.287 e. The Labute approximate surface area is 156 Å². The zero-order chi connectivity index (χ0) is 19.6. The summed E-state index contributed by atoms with van der Waals surface area (Å²) in [6, 6.07) is 11.6. The van der Waals surface area contributed by atoms with Gasteiger partial charge in [0.15, 0.2) is 17.2 Å². The molecule has 2 aromatic carbocycles. The van der Waals surface area contributed by atoms with Crippen LogP contribution in [-0.4, -0.2) is 11.8 Å². The van der Waals surface area contributed by atoms with Gasteiger partial charge in [0.1, 0.15) is 0 Å². The molecule has 1 atom stereocenters. The summed E-state index contributed by atoms with van der Waals surface area (Å²) in [6.45, 7) is 5.36. The van der Waals surface area contributed by atoms with Crippen LogP contribution in [-0.2, 0) is 4.79 Å². The Hall–Kier alpha value is -3.15. The van der Waals surface area contributed by atoms with E-state index in [0.717, 1.165) is 5.56 Å². The maximum atomic E-state index is 13.9. The van der Waals surface area contributed by atoms with Crippen molar-refractivity contribution in [3.8, 4) is 0 Å². The van der Waals surface area contributed by atoms with Gasteiger partial charge in [-0.1, -0.05) is 31.2 Å². The van der Waals surface area contributed by atoms with E-state index in [1.165, 1.54) is 6.07 Å². The van der Waals surface area contributed by atoms with Crippen LogP contribution in [0.2, 0.25) is 0 Å². The summed E-state index contributed by atoms with van der Waals surface area (Å²) in [5.41, 5.74) is 2.26. The fourth-order valence-corrected chi connectivity index (χ4v) is 2.88. The summed E-state index contributed by atoms with van der Waals surface area (Å²) >= 11 is 0. The molecular formula is C21H21FN2O3. The first-order valence-electron chi connectivity index (χ1n) is 8.79. The third-order valence-electron chi connectivity index (χ3n) is 4.49. The van der Waals surface area contributed by atoms with Crippen LogP contribution in [0.25, 0.3) is 11.0 Å². The highest BCUT2D eigenvalue weighted by molar-refractivity contribution is 5.99. The number of amides is 2. The zero-order valence-corrected chi connectivity index (χ0v) is 15.4. The van der Waals surface area contributed by atoms with Gasteiger partial charge in [-0.2, -0.15) is 0 Å². The summed E-state index contributed by atoms with van der Waals surface area (Å²) in [5, 5.41) is 6.22. The molecule has 6 heteroatoms. The molecule has 0 aliphatic carbocycles. The molecule has 1 heterocycles. The van der Waals surface area contributed by atoms with Gasteiger partial charge < -0.3 is 15.1 Å². The Morgan fingerprint density at radius 3 is 2.48 bits per heavy atom. The van der Waals surface area contributed by atoms with E-state index < -0.39 is 11.7 Å². The van der Waals surface area contributed by atoms with Crippen molar-refractivity contribution in [3.63, 3.8) is 0 Å². The van der Waals surface area contributed by atoms with Gasteiger partial charge >= 0.3 is 0 Å². The molecule has 3 aromatic rings. The number of nitrogens with one attached hydrogen (secondary N) is 2. The molecule has 0 radical (unpaired) electrons. The molecular weight excluding hydrogens is 347 g/mol. The Morgan fingerprint density at radius 2 is 1.85 bits per heavy atom. The number of hydrogen-bond donors (Lipinski definition) is 2. The molecule has 0 fully saturated rings. The number of halogens is 1. The summed E-state index contributed by atoms with van der Waals surface area (Å²) in [5.74, 6) is -0.850. The fraction of sp³-hybridized carbons (Fsp3) is 0.238. The van der Waals surface area contributed by atoms with E-state index in [4.69, 9.17) is 4.42 Å². The predicted octanol–water partition coefficient (Wildman–Crippen LogP) is 4.72. The normalized spacial score (nSPS) is 12.0. The minimum atomic E-state index is -0.493. The largest absolute Gasteiger partial charge is 0.448 e. The van der Waals surface area contributed by atoms with E-state index in [9.17, 15) is 14.0 Å². The second-order valence-corrected chi connectivity index (χ2v) is 6.39. The highest BCUT2D eigenvalue weighted by Crippen LogP contribution is 2.27. The first kappa shape index (κ1) is 18.6. The van der Waals surface area contributed by atoms with Gasteiger partial charge in [-0.15, -0.1) is 0 Å². The van der Waals surface area contributed by atoms with Crippen molar-refractivity contribution < 1.29 is 18.4 Å². The van der Waals surface area contributed by atoms with Crippen molar-refractivity contribution >= 4 is 28.5 Å². The number of furan rings is 1. The van der Waals surface area contributed by atoms with E-state index in [1.807, 2.05) is 19.1 Å². The fourth-order valence-electron chi connectivity index (χ4n) is 2.88. The third-order valence-corrected chi connectivity index (χ3v) is 4.49. The van der Waals surface area contributed by atoms with Crippen LogP contribution in [0.15, 0.2) is 46.9 Å². The first-order valence-corrected chi connectivity index (χ1v) is 8.79. The molecule has 0 spiro atoms. The lowest BCUT2D eigenvalue weighted by atomic mass is 10.1. The van der Waals surface area contributed by atoms with E-state index in [1.54, 1.807) is 38.1 Å². The lowest BCUT2D eigenvalue weighted by molar-refractivity contribution is -0.115. The van der Waals surface area contributed by atoms with Crippen molar-refractivity contribution in [1.29, 1.82) is 0 Å². The summed E-state index contributed by atoms with van der Waals surface area (Å²) in [7, 11) is 0. The van der Waals surface area contributed by atoms with Gasteiger partial charge in [0, 0.05) is 23.1 Å². The lowest BCUT2D eigenvalue weighted by Gasteiger charge is -2.14. The van der Waals surface area contributed by atoms with Gasteiger partial charge in [-0.05, 0) is 37.6 Å². The summed E-state index contributed by atoms with van der Waals surface area (Å²) < 4.78 is 19.3. The van der Waals surface area contributed by atoms with E-state index in [-0.39, 0.29) is 23.3 Å². The maximum absolute atomic E-state index is 13.9. The molecule has 1 unspecified atom stereocenters. The molecule has 2 amide bonds. The molecule has 0 bridgehead atoms. The SMILES string of the molecule is CCC(=O)Nc1ccc(C(C)NC(=O)c2oc3c(F)cccc3c2C)cc1. The average molecular weight is 368 g/mol. The highest BCUT2D eigenvalue weighted by atomic mass is 19.1. The Bertz CT molecular complexity index is 993. The topological polar surface area (TPSA) is 71.3 Å². The Kier molecular flexibility index (Phi) is 5.26. The number of carbonyl (C=O) groups is 2. The molecule has 3 rings (SSSR count). The van der Waals surface area contributed by atoms with Crippen molar-refractivity contribution in [2.24, 2.45) is 0 Å². The van der Waals surface area contributed by atoms with Crippen molar-refractivity contribution in [3.05, 3.63) is 65.2 Å². The molecule has 0 saturated heterocycles. The number of carbonyl (C=O) groups excluding carboxylic acids is 2. The van der Waals surface area contributed by atoms with Gasteiger partial charge in [0.2, 0.25) is 5.91 Å². The smallest absolute Gasteiger partial charge is 0.287 e. The molecule has 2 N–H and O–H groups in total. The van der Waals surface area contributed by atoms with Crippen LogP contribution in [0, 0.1) is 12.7 Å². The van der Waals surface area contributed by atoms with Gasteiger partial charge in [-0.3, -0.25) is 9.59 Å². The Balaban J connectivity index is 1.75. The molecule has 1 aromatic heterocycles. The summed E-state index contributed by atoms with van der Waals surface area (Å²) in [4.78, 5) is 24.0. The molecule has 140 valence electrons. The molecule has 27 heavy (non-hydrogen) atoms. The number of fused-ring (bicyclic) bond motifs is 1. The van der Waals surface area contributed by atoms with Crippen LogP contribution < -0.4 is 10.6 Å². The van der Waals surface area contributed by atoms with E-state index in [2.05, 4.69) is 10.6 Å². The van der Waals surface area contributed by atoms with Gasteiger partial charge in [0.25, 0.3) is 5.91 Å². The Morgan fingerprint density at radius 1 is 1.15 bits per heavy atom. The quantitative estimate of drug-likeness (QED) is 0.684. The minimum Gasteiger partial charge on any atom is -0.448 e. The van der Waals surface area contributed by atoms with Crippen LogP contribution in [0.1, 0.15) is 48.0 Å². The second-order valence-electron chi connectivity index (χ2n) is 6.39. The number of hydrogen-bond acceptors (Lipinski definition) is 3. The molecule has 5 nitrogen and oxygen atoms in total. The van der Waals surface area contributed by atoms with E-state index >= 15 is 0 Å². The number of anilines is 1. The molecule has 0 aliphatic rings. The van der Waals surface area contributed by atoms with Crippen LogP contribution >= 0.6 is 0 Å². The number of rotatable bonds is 5. The number of benzene rings is 2. The standard InChI is InChI=1S/C21H21FN2O3/c1-4-18(25)24-15-10-8-14(9-11-15)13(3)23-21(26)19-12(2)16-6-5-7-17(22)20(16)27-19/h5-11,13H,4H2,1-3H3,(H,23,26)(H,24,25). The third kappa shape index (κ3) is 3.84. The van der Waals surface area contributed by atoms with Crippen LogP contribution in [0.4, 0.5) is 10.1 Å². The number of aryl methyl sites for hydroxylation is 1. The second kappa shape index (κ2) is 7.61.